The molecule has 28 heavy (non-hydrogen) atoms. The van der Waals surface area contributed by atoms with Crippen LogP contribution in [0.4, 0.5) is 0 Å². The third-order valence-electron chi connectivity index (χ3n) is 5.70. The SMILES string of the molecule is CC(=O)NC(Cc1c[nH]c2ccccc12)C(=O)NCC(C)(C)N1CCCCC1. The van der Waals surface area contributed by atoms with Crippen LogP contribution in [0.5, 0.6) is 0 Å². The molecule has 0 radical (unpaired) electrons. The molecule has 1 aliphatic rings. The molecule has 1 saturated heterocycles. The number of fused-ring (bicyclic) bond motifs is 1. The summed E-state index contributed by atoms with van der Waals surface area (Å²) < 4.78 is 0. The molecule has 0 spiro atoms. The third kappa shape index (κ3) is 4.93. The summed E-state index contributed by atoms with van der Waals surface area (Å²) in [6.45, 7) is 8.51. The standard InChI is InChI=1S/C22H32N4O2/c1-16(27)25-20(13-17-14-23-19-10-6-5-9-18(17)19)21(28)24-15-22(2,3)26-11-7-4-8-12-26/h5-6,9-10,14,20,23H,4,7-8,11-13,15H2,1-3H3,(H,24,28)(H,25,27). The number of amides is 2. The van der Waals surface area contributed by atoms with Crippen LogP contribution < -0.4 is 10.6 Å². The molecule has 1 fully saturated rings. The summed E-state index contributed by atoms with van der Waals surface area (Å²) in [5, 5.41) is 6.98. The van der Waals surface area contributed by atoms with Crippen molar-refractivity contribution < 1.29 is 9.59 Å². The lowest BCUT2D eigenvalue weighted by molar-refractivity contribution is -0.128. The zero-order chi connectivity index (χ0) is 20.1. The topological polar surface area (TPSA) is 77.2 Å². The number of H-pyrrole nitrogens is 1. The number of carbonyl (C=O) groups excluding carboxylic acids is 2. The molecule has 1 atom stereocenters. The highest BCUT2D eigenvalue weighted by Gasteiger charge is 2.30. The second kappa shape index (κ2) is 8.78. The van der Waals surface area contributed by atoms with Crippen LogP contribution in [0.3, 0.4) is 0 Å². The molecule has 1 unspecified atom stereocenters. The van der Waals surface area contributed by atoms with Crippen LogP contribution in [0.1, 0.15) is 45.6 Å². The molecule has 0 bridgehead atoms. The van der Waals surface area contributed by atoms with Gasteiger partial charge in [0.25, 0.3) is 0 Å². The van der Waals surface area contributed by atoms with Crippen molar-refractivity contribution in [1.29, 1.82) is 0 Å². The molecule has 1 aliphatic heterocycles. The number of para-hydroxylation sites is 1. The average Bonchev–Trinajstić information content (AvgIpc) is 3.09. The number of piperidine rings is 1. The van der Waals surface area contributed by atoms with Crippen molar-refractivity contribution in [2.45, 2.75) is 58.0 Å². The predicted octanol–water partition coefficient (Wildman–Crippen LogP) is 2.60. The summed E-state index contributed by atoms with van der Waals surface area (Å²) in [6.07, 6.45) is 6.09. The Hall–Kier alpha value is -2.34. The van der Waals surface area contributed by atoms with E-state index < -0.39 is 6.04 Å². The lowest BCUT2D eigenvalue weighted by Gasteiger charge is -2.41. The lowest BCUT2D eigenvalue weighted by Crippen LogP contribution is -2.56. The fourth-order valence-electron chi connectivity index (χ4n) is 4.01. The van der Waals surface area contributed by atoms with Gasteiger partial charge in [-0.05, 0) is 51.4 Å². The third-order valence-corrected chi connectivity index (χ3v) is 5.70. The number of carbonyl (C=O) groups is 2. The van der Waals surface area contributed by atoms with Gasteiger partial charge in [0, 0.05) is 42.5 Å². The first-order valence-corrected chi connectivity index (χ1v) is 10.2. The van der Waals surface area contributed by atoms with E-state index >= 15 is 0 Å². The minimum Gasteiger partial charge on any atom is -0.361 e. The highest BCUT2D eigenvalue weighted by molar-refractivity contribution is 5.89. The minimum absolute atomic E-state index is 0.0996. The lowest BCUT2D eigenvalue weighted by atomic mass is 9.98. The van der Waals surface area contributed by atoms with E-state index in [2.05, 4.69) is 34.4 Å². The fraction of sp³-hybridized carbons (Fsp3) is 0.545. The maximum absolute atomic E-state index is 12.9. The molecule has 2 amide bonds. The molecule has 6 heteroatoms. The van der Waals surface area contributed by atoms with E-state index in [0.717, 1.165) is 29.6 Å². The van der Waals surface area contributed by atoms with Gasteiger partial charge in [-0.2, -0.15) is 0 Å². The van der Waals surface area contributed by atoms with Gasteiger partial charge in [0.15, 0.2) is 0 Å². The van der Waals surface area contributed by atoms with Crippen molar-refractivity contribution in [3.8, 4) is 0 Å². The number of aromatic amines is 1. The smallest absolute Gasteiger partial charge is 0.242 e. The first-order chi connectivity index (χ1) is 13.4. The zero-order valence-corrected chi connectivity index (χ0v) is 17.2. The second-order valence-corrected chi connectivity index (χ2v) is 8.39. The van der Waals surface area contributed by atoms with Crippen LogP contribution in [-0.4, -0.2) is 52.9 Å². The first kappa shape index (κ1) is 20.4. The summed E-state index contributed by atoms with van der Waals surface area (Å²) in [7, 11) is 0. The summed E-state index contributed by atoms with van der Waals surface area (Å²) >= 11 is 0. The van der Waals surface area contributed by atoms with Crippen molar-refractivity contribution in [3.63, 3.8) is 0 Å². The fourth-order valence-corrected chi connectivity index (χ4v) is 4.01. The van der Waals surface area contributed by atoms with Gasteiger partial charge in [-0.25, -0.2) is 0 Å². The van der Waals surface area contributed by atoms with Crippen LogP contribution in [-0.2, 0) is 16.0 Å². The van der Waals surface area contributed by atoms with Crippen LogP contribution in [0.25, 0.3) is 10.9 Å². The van der Waals surface area contributed by atoms with E-state index in [1.807, 2.05) is 30.5 Å². The van der Waals surface area contributed by atoms with E-state index in [9.17, 15) is 9.59 Å². The van der Waals surface area contributed by atoms with Crippen molar-refractivity contribution in [1.82, 2.24) is 20.5 Å². The van der Waals surface area contributed by atoms with Gasteiger partial charge in [-0.3, -0.25) is 14.5 Å². The van der Waals surface area contributed by atoms with Crippen molar-refractivity contribution in [2.75, 3.05) is 19.6 Å². The quantitative estimate of drug-likeness (QED) is 0.687. The molecular weight excluding hydrogens is 352 g/mol. The van der Waals surface area contributed by atoms with Gasteiger partial charge in [0.2, 0.25) is 11.8 Å². The van der Waals surface area contributed by atoms with Gasteiger partial charge in [0.05, 0.1) is 0 Å². The normalized spacial score (nSPS) is 16.7. The van der Waals surface area contributed by atoms with Crippen LogP contribution >= 0.6 is 0 Å². The highest BCUT2D eigenvalue weighted by atomic mass is 16.2. The molecule has 2 aromatic rings. The summed E-state index contributed by atoms with van der Waals surface area (Å²) in [4.78, 5) is 30.3. The number of rotatable bonds is 7. The molecular formula is C22H32N4O2. The zero-order valence-electron chi connectivity index (χ0n) is 17.2. The number of hydrogen-bond donors (Lipinski definition) is 3. The molecule has 1 aromatic carbocycles. The monoisotopic (exact) mass is 384 g/mol. The Balaban J connectivity index is 1.67. The Morgan fingerprint density at radius 2 is 1.89 bits per heavy atom. The first-order valence-electron chi connectivity index (χ1n) is 10.2. The Morgan fingerprint density at radius 1 is 1.18 bits per heavy atom. The van der Waals surface area contributed by atoms with Gasteiger partial charge in [0.1, 0.15) is 6.04 Å². The van der Waals surface area contributed by atoms with Gasteiger partial charge >= 0.3 is 0 Å². The maximum Gasteiger partial charge on any atom is 0.242 e. The number of nitrogens with zero attached hydrogens (tertiary/aromatic N) is 1. The Morgan fingerprint density at radius 3 is 2.61 bits per heavy atom. The average molecular weight is 385 g/mol. The van der Waals surface area contributed by atoms with E-state index in [1.54, 1.807) is 0 Å². The number of aromatic nitrogens is 1. The predicted molar refractivity (Wildman–Crippen MR) is 112 cm³/mol. The van der Waals surface area contributed by atoms with E-state index in [1.165, 1.54) is 26.2 Å². The van der Waals surface area contributed by atoms with E-state index in [4.69, 9.17) is 0 Å². The van der Waals surface area contributed by atoms with Crippen molar-refractivity contribution in [2.24, 2.45) is 0 Å². The molecule has 2 heterocycles. The van der Waals surface area contributed by atoms with E-state index in [-0.39, 0.29) is 17.4 Å². The summed E-state index contributed by atoms with van der Waals surface area (Å²) in [5.74, 6) is -0.333. The molecule has 0 saturated carbocycles. The maximum atomic E-state index is 12.9. The Bertz CT molecular complexity index is 821. The molecule has 3 N–H and O–H groups in total. The summed E-state index contributed by atoms with van der Waals surface area (Å²) in [5.41, 5.74) is 1.96. The van der Waals surface area contributed by atoms with Gasteiger partial charge in [-0.15, -0.1) is 0 Å². The molecule has 1 aromatic heterocycles. The van der Waals surface area contributed by atoms with Gasteiger partial charge in [-0.1, -0.05) is 24.6 Å². The van der Waals surface area contributed by atoms with Gasteiger partial charge < -0.3 is 15.6 Å². The molecule has 6 nitrogen and oxygen atoms in total. The Labute approximate surface area is 167 Å². The Kier molecular flexibility index (Phi) is 6.39. The minimum atomic E-state index is -0.589. The number of likely N-dealkylation sites (tertiary alicyclic amines) is 1. The number of hydrogen-bond acceptors (Lipinski definition) is 3. The summed E-state index contributed by atoms with van der Waals surface area (Å²) in [6, 6.07) is 7.41. The second-order valence-electron chi connectivity index (χ2n) is 8.39. The van der Waals surface area contributed by atoms with Crippen LogP contribution in [0, 0.1) is 0 Å². The van der Waals surface area contributed by atoms with Crippen molar-refractivity contribution in [3.05, 3.63) is 36.0 Å². The molecule has 0 aliphatic carbocycles. The largest absolute Gasteiger partial charge is 0.361 e. The number of benzene rings is 1. The number of nitrogens with one attached hydrogen (secondary N) is 3. The van der Waals surface area contributed by atoms with Crippen LogP contribution in [0.15, 0.2) is 30.5 Å². The van der Waals surface area contributed by atoms with Crippen molar-refractivity contribution >= 4 is 22.7 Å². The van der Waals surface area contributed by atoms with Crippen LogP contribution in [0.2, 0.25) is 0 Å². The molecule has 3 rings (SSSR count). The van der Waals surface area contributed by atoms with E-state index in [0.29, 0.717) is 13.0 Å². The molecule has 152 valence electrons. The highest BCUT2D eigenvalue weighted by Crippen LogP contribution is 2.21.